The van der Waals surface area contributed by atoms with E-state index in [1.807, 2.05) is 17.7 Å². The van der Waals surface area contributed by atoms with Gasteiger partial charge in [-0.3, -0.25) is 0 Å². The zero-order valence-electron chi connectivity index (χ0n) is 18.3. The second kappa shape index (κ2) is 9.86. The molecule has 1 aliphatic carbocycles. The van der Waals surface area contributed by atoms with Crippen molar-refractivity contribution in [3.8, 4) is 0 Å². The second-order valence-electron chi connectivity index (χ2n) is 8.81. The Hall–Kier alpha value is -2.43. The summed E-state index contributed by atoms with van der Waals surface area (Å²) in [6.07, 6.45) is 11.0. The first-order valence-electron chi connectivity index (χ1n) is 10.5. The number of nitrogens with zero attached hydrogens (tertiary/aromatic N) is 3. The summed E-state index contributed by atoms with van der Waals surface area (Å²) in [6.45, 7) is 19.6. The zero-order valence-corrected chi connectivity index (χ0v) is 18.3. The van der Waals surface area contributed by atoms with Crippen LogP contribution in [-0.4, -0.2) is 28.3 Å². The van der Waals surface area contributed by atoms with Crippen molar-refractivity contribution in [3.63, 3.8) is 0 Å². The summed E-state index contributed by atoms with van der Waals surface area (Å²) in [4.78, 5) is 16.0. The molecule has 2 rings (SSSR count). The largest absolute Gasteiger partial charge is 0.387 e. The Balaban J connectivity index is 2.01. The van der Waals surface area contributed by atoms with Crippen molar-refractivity contribution in [1.82, 2.24) is 15.1 Å². The third-order valence-electron chi connectivity index (χ3n) is 6.13. The van der Waals surface area contributed by atoms with E-state index >= 15 is 0 Å². The molecule has 1 heterocycles. The highest BCUT2D eigenvalue weighted by atomic mass is 16.1. The Morgan fingerprint density at radius 2 is 2.03 bits per heavy atom. The Kier molecular flexibility index (Phi) is 7.77. The quantitative estimate of drug-likeness (QED) is 0.403. The molecule has 0 atom stereocenters. The van der Waals surface area contributed by atoms with Gasteiger partial charge in [-0.25, -0.2) is 9.67 Å². The summed E-state index contributed by atoms with van der Waals surface area (Å²) >= 11 is 0. The molecule has 5 nitrogen and oxygen atoms in total. The van der Waals surface area contributed by atoms with E-state index in [0.29, 0.717) is 6.54 Å². The molecular weight excluding hydrogens is 360 g/mol. The van der Waals surface area contributed by atoms with Crippen LogP contribution in [0.2, 0.25) is 0 Å². The fraction of sp³-hybridized carbons (Fsp3) is 0.542. The van der Waals surface area contributed by atoms with E-state index in [1.54, 1.807) is 12.3 Å². The Labute approximate surface area is 175 Å². The third kappa shape index (κ3) is 6.02. The van der Waals surface area contributed by atoms with Crippen LogP contribution in [0.5, 0.6) is 0 Å². The van der Waals surface area contributed by atoms with Crippen molar-refractivity contribution in [2.75, 3.05) is 6.54 Å². The van der Waals surface area contributed by atoms with E-state index in [2.05, 4.69) is 49.0 Å². The van der Waals surface area contributed by atoms with Gasteiger partial charge in [-0.05, 0) is 56.1 Å². The highest BCUT2D eigenvalue weighted by molar-refractivity contribution is 6.08. The maximum absolute atomic E-state index is 11.4. The molecule has 1 saturated carbocycles. The number of allylic oxidation sites excluding steroid dienone is 3. The lowest BCUT2D eigenvalue weighted by atomic mass is 9.63. The van der Waals surface area contributed by atoms with Crippen LogP contribution >= 0.6 is 0 Å². The maximum atomic E-state index is 11.4. The molecule has 0 aromatic carbocycles. The summed E-state index contributed by atoms with van der Waals surface area (Å²) in [6, 6.07) is 1.87. The van der Waals surface area contributed by atoms with Crippen LogP contribution in [-0.2, 0) is 11.3 Å². The molecule has 1 N–H and O–H groups in total. The highest BCUT2D eigenvalue weighted by Crippen LogP contribution is 2.46. The summed E-state index contributed by atoms with van der Waals surface area (Å²) < 4.78 is 1.83. The molecular formula is C24H36N4O. The molecule has 0 spiro atoms. The summed E-state index contributed by atoms with van der Waals surface area (Å²) in [5, 5.41) is 7.94. The molecule has 158 valence electrons. The molecule has 0 aliphatic heterocycles. The number of rotatable bonds is 11. The smallest absolute Gasteiger partial charge is 0.151 e. The zero-order chi connectivity index (χ0) is 21.5. The van der Waals surface area contributed by atoms with Gasteiger partial charge in [0, 0.05) is 23.7 Å². The minimum atomic E-state index is -0.150. The number of aliphatic imine (C=N–C) groups is 1. The topological polar surface area (TPSA) is 59.3 Å². The SMILES string of the molecule is C=C/C(=N\c1ccnn1CC(=C)NCC1(CCC)CCC(C)(C=O)CC1)C(=C)C. The first-order valence-corrected chi connectivity index (χ1v) is 10.5. The van der Waals surface area contributed by atoms with Crippen LogP contribution in [0, 0.1) is 10.8 Å². The number of hydrogen-bond acceptors (Lipinski definition) is 4. The molecule has 0 radical (unpaired) electrons. The molecule has 0 amide bonds. The van der Waals surface area contributed by atoms with Crippen LogP contribution in [0.15, 0.2) is 54.3 Å². The first-order chi connectivity index (χ1) is 13.8. The van der Waals surface area contributed by atoms with Crippen LogP contribution in [0.4, 0.5) is 5.82 Å². The Morgan fingerprint density at radius 1 is 1.34 bits per heavy atom. The van der Waals surface area contributed by atoms with Gasteiger partial charge in [-0.2, -0.15) is 5.10 Å². The van der Waals surface area contributed by atoms with Gasteiger partial charge in [0.15, 0.2) is 5.82 Å². The van der Waals surface area contributed by atoms with E-state index in [0.717, 1.165) is 67.7 Å². The normalized spacial score (nSPS) is 24.7. The molecule has 1 aromatic heterocycles. The predicted octanol–water partition coefficient (Wildman–Crippen LogP) is 5.39. The van der Waals surface area contributed by atoms with Crippen LogP contribution in [0.1, 0.15) is 59.3 Å². The minimum Gasteiger partial charge on any atom is -0.387 e. The van der Waals surface area contributed by atoms with Crippen molar-refractivity contribution in [2.45, 2.75) is 65.8 Å². The van der Waals surface area contributed by atoms with E-state index in [4.69, 9.17) is 0 Å². The monoisotopic (exact) mass is 396 g/mol. The van der Waals surface area contributed by atoms with Gasteiger partial charge in [0.25, 0.3) is 0 Å². The number of nitrogens with one attached hydrogen (secondary N) is 1. The highest BCUT2D eigenvalue weighted by Gasteiger charge is 2.39. The van der Waals surface area contributed by atoms with E-state index in [9.17, 15) is 4.79 Å². The van der Waals surface area contributed by atoms with Gasteiger partial charge in [-0.15, -0.1) is 0 Å². The van der Waals surface area contributed by atoms with Gasteiger partial charge in [0.1, 0.15) is 6.29 Å². The van der Waals surface area contributed by atoms with E-state index in [-0.39, 0.29) is 10.8 Å². The van der Waals surface area contributed by atoms with Gasteiger partial charge in [-0.1, -0.05) is 40.0 Å². The standard InChI is InChI=1S/C24H36N4O/c1-7-10-24(13-11-23(6,18-29)12-14-24)17-25-20(5)16-28-22(9-15-26-28)27-21(8-2)19(3)4/h8-9,15,18,25H,2-3,5,7,10-14,16-17H2,1,4,6H3/b27-21+. The molecule has 0 unspecified atom stereocenters. The Morgan fingerprint density at radius 3 is 2.59 bits per heavy atom. The van der Waals surface area contributed by atoms with Crippen LogP contribution in [0.25, 0.3) is 0 Å². The fourth-order valence-corrected chi connectivity index (χ4v) is 4.05. The summed E-state index contributed by atoms with van der Waals surface area (Å²) in [7, 11) is 0. The van der Waals surface area contributed by atoms with Crippen LogP contribution in [0.3, 0.4) is 0 Å². The number of hydrogen-bond donors (Lipinski definition) is 1. The Bertz CT molecular complexity index is 779. The van der Waals surface area contributed by atoms with Gasteiger partial charge in [0.05, 0.1) is 18.5 Å². The minimum absolute atomic E-state index is 0.150. The van der Waals surface area contributed by atoms with E-state index < -0.39 is 0 Å². The van der Waals surface area contributed by atoms with Crippen LogP contribution < -0.4 is 5.32 Å². The molecule has 1 aromatic rings. The molecule has 0 bridgehead atoms. The van der Waals surface area contributed by atoms with Gasteiger partial charge < -0.3 is 10.1 Å². The number of carbonyl (C=O) groups excluding carboxylic acids is 1. The second-order valence-corrected chi connectivity index (χ2v) is 8.81. The van der Waals surface area contributed by atoms with Crippen molar-refractivity contribution in [2.24, 2.45) is 15.8 Å². The first kappa shape index (κ1) is 22.9. The van der Waals surface area contributed by atoms with Crippen molar-refractivity contribution >= 4 is 17.8 Å². The number of aromatic nitrogens is 2. The third-order valence-corrected chi connectivity index (χ3v) is 6.13. The van der Waals surface area contributed by atoms with Gasteiger partial charge in [0.2, 0.25) is 0 Å². The molecule has 5 heteroatoms. The van der Waals surface area contributed by atoms with E-state index in [1.165, 1.54) is 6.42 Å². The van der Waals surface area contributed by atoms with Crippen molar-refractivity contribution in [3.05, 3.63) is 49.3 Å². The summed E-state index contributed by atoms with van der Waals surface area (Å²) in [5.74, 6) is 0.758. The number of aldehydes is 1. The molecule has 1 aliphatic rings. The molecule has 29 heavy (non-hydrogen) atoms. The number of carbonyl (C=O) groups is 1. The lowest BCUT2D eigenvalue weighted by molar-refractivity contribution is -0.118. The van der Waals surface area contributed by atoms with Gasteiger partial charge >= 0.3 is 0 Å². The van der Waals surface area contributed by atoms with Crippen molar-refractivity contribution < 1.29 is 4.79 Å². The lowest BCUT2D eigenvalue weighted by Gasteiger charge is -2.43. The average Bonchev–Trinajstić information content (AvgIpc) is 3.13. The van der Waals surface area contributed by atoms with Crippen molar-refractivity contribution in [1.29, 1.82) is 0 Å². The average molecular weight is 397 g/mol. The molecule has 1 fully saturated rings. The fourth-order valence-electron chi connectivity index (χ4n) is 4.05. The maximum Gasteiger partial charge on any atom is 0.151 e. The lowest BCUT2D eigenvalue weighted by Crippen LogP contribution is -2.40. The predicted molar refractivity (Wildman–Crippen MR) is 121 cm³/mol. The summed E-state index contributed by atoms with van der Waals surface area (Å²) in [5.41, 5.74) is 2.63. The molecule has 0 saturated heterocycles.